The van der Waals surface area contributed by atoms with E-state index in [1.54, 1.807) is 32.1 Å². The largest absolute Gasteiger partial charge is 0.409 e. The minimum atomic E-state index is -4.38. The van der Waals surface area contributed by atoms with Gasteiger partial charge >= 0.3 is 6.18 Å². The molecule has 0 aliphatic heterocycles. The second kappa shape index (κ2) is 10.2. The summed E-state index contributed by atoms with van der Waals surface area (Å²) in [6, 6.07) is 1.95. The number of hydrogen-bond acceptors (Lipinski definition) is 3. The lowest BCUT2D eigenvalue weighted by Gasteiger charge is -2.07. The summed E-state index contributed by atoms with van der Waals surface area (Å²) >= 11 is 0. The van der Waals surface area contributed by atoms with Crippen LogP contribution in [0, 0.1) is 11.3 Å². The lowest BCUT2D eigenvalue weighted by Crippen LogP contribution is -2.05. The first-order valence-electron chi connectivity index (χ1n) is 6.98. The highest BCUT2D eigenvalue weighted by atomic mass is 19.4. The minimum absolute atomic E-state index is 0.105. The number of nitriles is 1. The molecule has 0 amide bonds. The van der Waals surface area contributed by atoms with E-state index in [1.165, 1.54) is 12.3 Å². The highest BCUT2D eigenvalue weighted by Crippen LogP contribution is 2.18. The molecule has 6 heteroatoms. The molecule has 0 rings (SSSR count). The predicted octanol–water partition coefficient (Wildman–Crippen LogP) is 4.73. The molecule has 0 bridgehead atoms. The Morgan fingerprint density at radius 1 is 1.26 bits per heavy atom. The monoisotopic (exact) mass is 323 g/mol. The van der Waals surface area contributed by atoms with E-state index in [9.17, 15) is 13.2 Å². The summed E-state index contributed by atoms with van der Waals surface area (Å²) in [4.78, 5) is 4.06. The van der Waals surface area contributed by atoms with E-state index in [0.717, 1.165) is 6.08 Å². The zero-order valence-corrected chi connectivity index (χ0v) is 13.4. The minimum Gasteiger partial charge on any atom is -0.398 e. The summed E-state index contributed by atoms with van der Waals surface area (Å²) in [6.45, 7) is 5.35. The highest BCUT2D eigenvalue weighted by Gasteiger charge is 2.21. The van der Waals surface area contributed by atoms with E-state index in [-0.39, 0.29) is 17.5 Å². The molecule has 0 fully saturated rings. The Labute approximate surface area is 134 Å². The number of nitrogens with two attached hydrogens (primary N) is 1. The van der Waals surface area contributed by atoms with E-state index < -0.39 is 6.18 Å². The van der Waals surface area contributed by atoms with Crippen molar-refractivity contribution in [2.75, 3.05) is 0 Å². The molecule has 0 aliphatic rings. The Bertz CT molecular complexity index is 610. The fourth-order valence-corrected chi connectivity index (χ4v) is 1.61. The molecular formula is C17H20F3N3. The van der Waals surface area contributed by atoms with E-state index in [4.69, 9.17) is 11.0 Å². The zero-order valence-electron chi connectivity index (χ0n) is 13.4. The van der Waals surface area contributed by atoms with Gasteiger partial charge in [0.25, 0.3) is 0 Å². The molecule has 0 aliphatic carbocycles. The summed E-state index contributed by atoms with van der Waals surface area (Å²) in [5, 5.41) is 8.92. The number of aliphatic imine (C=N–C) groups is 1. The molecule has 0 unspecified atom stereocenters. The van der Waals surface area contributed by atoms with Crippen LogP contribution in [0.1, 0.15) is 27.2 Å². The maximum absolute atomic E-state index is 12.1. The van der Waals surface area contributed by atoms with E-state index in [1.807, 2.05) is 13.0 Å². The normalized spacial score (nSPS) is 15.5. The average molecular weight is 323 g/mol. The van der Waals surface area contributed by atoms with Crippen molar-refractivity contribution < 1.29 is 13.2 Å². The quantitative estimate of drug-likeness (QED) is 0.436. The fourth-order valence-electron chi connectivity index (χ4n) is 1.61. The summed E-state index contributed by atoms with van der Waals surface area (Å²) in [7, 11) is 0. The van der Waals surface area contributed by atoms with E-state index >= 15 is 0 Å². The molecule has 0 saturated carbocycles. The van der Waals surface area contributed by atoms with Crippen molar-refractivity contribution >= 4 is 6.21 Å². The van der Waals surface area contributed by atoms with Gasteiger partial charge < -0.3 is 5.73 Å². The Balaban J connectivity index is 5.40. The first-order valence-corrected chi connectivity index (χ1v) is 6.98. The topological polar surface area (TPSA) is 62.2 Å². The summed E-state index contributed by atoms with van der Waals surface area (Å²) in [5.41, 5.74) is 7.41. The standard InChI is InChI=1S/C17H20F3N3/c1-4-8-14(11-21)23-12-13(5-2)15(6-3)16(22)9-7-10-17(18,19)20/h5-10,12H,4,22H2,1-3H3/b10-7+,13-5+,14-8+,15-6?,16-9+,23-12+. The number of nitrogens with zero attached hydrogens (tertiary/aromatic N) is 2. The van der Waals surface area contributed by atoms with E-state index in [2.05, 4.69) is 4.99 Å². The van der Waals surface area contributed by atoms with E-state index in [0.29, 0.717) is 17.6 Å². The second-order valence-electron chi connectivity index (χ2n) is 4.34. The molecular weight excluding hydrogens is 303 g/mol. The van der Waals surface area contributed by atoms with Gasteiger partial charge in [0.2, 0.25) is 0 Å². The van der Waals surface area contributed by atoms with Crippen molar-refractivity contribution in [3.05, 3.63) is 59.0 Å². The molecule has 2 N–H and O–H groups in total. The summed E-state index contributed by atoms with van der Waals surface area (Å²) in [6.07, 6.45) is 4.94. The molecule has 0 heterocycles. The maximum atomic E-state index is 12.1. The molecule has 124 valence electrons. The highest BCUT2D eigenvalue weighted by molar-refractivity contribution is 5.87. The van der Waals surface area contributed by atoms with Crippen LogP contribution >= 0.6 is 0 Å². The van der Waals surface area contributed by atoms with Crippen molar-refractivity contribution in [1.82, 2.24) is 0 Å². The maximum Gasteiger partial charge on any atom is 0.409 e. The molecule has 0 aromatic heterocycles. The van der Waals surface area contributed by atoms with Crippen molar-refractivity contribution in [2.24, 2.45) is 10.7 Å². The number of halogens is 3. The van der Waals surface area contributed by atoms with Crippen LogP contribution in [0.4, 0.5) is 13.2 Å². The van der Waals surface area contributed by atoms with Crippen molar-refractivity contribution in [1.29, 1.82) is 5.26 Å². The van der Waals surface area contributed by atoms with Gasteiger partial charge in [-0.25, -0.2) is 4.99 Å². The van der Waals surface area contributed by atoms with Gasteiger partial charge in [-0.2, -0.15) is 18.4 Å². The zero-order chi connectivity index (χ0) is 17.9. The number of rotatable bonds is 6. The average Bonchev–Trinajstić information content (AvgIpc) is 2.48. The van der Waals surface area contributed by atoms with Gasteiger partial charge in [0.15, 0.2) is 0 Å². The SMILES string of the molecule is CC=C(C(=C/C)/C=N/C(C#N)=C/CC)/C(N)=C\C=C\C(F)(F)F. The molecule has 3 nitrogen and oxygen atoms in total. The van der Waals surface area contributed by atoms with Gasteiger partial charge in [0, 0.05) is 23.6 Å². The van der Waals surface area contributed by atoms with Gasteiger partial charge in [-0.3, -0.25) is 0 Å². The molecule has 0 atom stereocenters. The van der Waals surface area contributed by atoms with Gasteiger partial charge in [-0.05, 0) is 38.0 Å². The van der Waals surface area contributed by atoms with Gasteiger partial charge in [-0.15, -0.1) is 0 Å². The van der Waals surface area contributed by atoms with Crippen molar-refractivity contribution in [3.63, 3.8) is 0 Å². The fraction of sp³-hybridized carbons (Fsp3) is 0.294. The van der Waals surface area contributed by atoms with Crippen LogP contribution in [0.3, 0.4) is 0 Å². The van der Waals surface area contributed by atoms with Crippen molar-refractivity contribution in [2.45, 2.75) is 33.4 Å². The van der Waals surface area contributed by atoms with Crippen LogP contribution in [-0.4, -0.2) is 12.4 Å². The number of alkyl halides is 3. The van der Waals surface area contributed by atoms with Crippen LogP contribution in [0.5, 0.6) is 0 Å². The Morgan fingerprint density at radius 2 is 1.91 bits per heavy atom. The third-order valence-corrected chi connectivity index (χ3v) is 2.64. The van der Waals surface area contributed by atoms with Crippen LogP contribution in [0.25, 0.3) is 0 Å². The molecule has 0 aromatic rings. The molecule has 0 aromatic carbocycles. The first kappa shape index (κ1) is 20.5. The van der Waals surface area contributed by atoms with Gasteiger partial charge in [0.1, 0.15) is 11.8 Å². The lowest BCUT2D eigenvalue weighted by molar-refractivity contribution is -0.0798. The van der Waals surface area contributed by atoms with Gasteiger partial charge in [-0.1, -0.05) is 25.2 Å². The summed E-state index contributed by atoms with van der Waals surface area (Å²) in [5.74, 6) is 0. The smallest absolute Gasteiger partial charge is 0.398 e. The number of allylic oxidation sites excluding steroid dienone is 8. The molecule has 0 spiro atoms. The third kappa shape index (κ3) is 8.47. The molecule has 0 radical (unpaired) electrons. The predicted molar refractivity (Wildman–Crippen MR) is 87.5 cm³/mol. The van der Waals surface area contributed by atoms with Crippen LogP contribution in [-0.2, 0) is 0 Å². The molecule has 23 heavy (non-hydrogen) atoms. The number of hydrogen-bond donors (Lipinski definition) is 1. The van der Waals surface area contributed by atoms with Gasteiger partial charge in [0.05, 0.1) is 0 Å². The first-order chi connectivity index (χ1) is 10.8. The third-order valence-electron chi connectivity index (χ3n) is 2.64. The lowest BCUT2D eigenvalue weighted by atomic mass is 10.0. The Morgan fingerprint density at radius 3 is 2.35 bits per heavy atom. The van der Waals surface area contributed by atoms with Crippen LogP contribution < -0.4 is 5.73 Å². The van der Waals surface area contributed by atoms with Crippen LogP contribution in [0.2, 0.25) is 0 Å². The Hall–Kier alpha value is -2.55. The summed E-state index contributed by atoms with van der Waals surface area (Å²) < 4.78 is 36.3. The Kier molecular flexibility index (Phi) is 9.09. The molecule has 0 saturated heterocycles. The van der Waals surface area contributed by atoms with Crippen LogP contribution in [0.15, 0.2) is 64.0 Å². The van der Waals surface area contributed by atoms with Crippen molar-refractivity contribution in [3.8, 4) is 6.07 Å². The second-order valence-corrected chi connectivity index (χ2v) is 4.34.